The fourth-order valence-electron chi connectivity index (χ4n) is 2.30. The summed E-state index contributed by atoms with van der Waals surface area (Å²) in [4.78, 5) is 25.7. The Labute approximate surface area is 141 Å². The van der Waals surface area contributed by atoms with Gasteiger partial charge in [0.25, 0.3) is 0 Å². The first kappa shape index (κ1) is 17.2. The molecule has 0 unspecified atom stereocenters. The smallest absolute Gasteiger partial charge is 0.244 e. The van der Waals surface area contributed by atoms with Crippen LogP contribution in [0, 0.1) is 25.2 Å². The van der Waals surface area contributed by atoms with Gasteiger partial charge < -0.3 is 10.2 Å². The number of amides is 2. The zero-order chi connectivity index (χ0) is 17.7. The lowest BCUT2D eigenvalue weighted by Gasteiger charge is -2.21. The summed E-state index contributed by atoms with van der Waals surface area (Å²) in [6.07, 6.45) is 0. The lowest BCUT2D eigenvalue weighted by atomic mass is 10.1. The van der Waals surface area contributed by atoms with E-state index < -0.39 is 0 Å². The molecule has 0 saturated carbocycles. The Hall–Kier alpha value is -3.13. The van der Waals surface area contributed by atoms with Crippen molar-refractivity contribution in [3.05, 3.63) is 59.2 Å². The van der Waals surface area contributed by atoms with Crippen molar-refractivity contribution in [3.8, 4) is 6.07 Å². The molecule has 0 aromatic heterocycles. The van der Waals surface area contributed by atoms with Crippen molar-refractivity contribution in [2.45, 2.75) is 20.8 Å². The van der Waals surface area contributed by atoms with Crippen LogP contribution in [0.5, 0.6) is 0 Å². The summed E-state index contributed by atoms with van der Waals surface area (Å²) in [5.74, 6) is -0.576. The van der Waals surface area contributed by atoms with Crippen molar-refractivity contribution in [2.75, 3.05) is 16.8 Å². The number of hydrogen-bond donors (Lipinski definition) is 1. The molecule has 5 heteroatoms. The Morgan fingerprint density at radius 1 is 1.12 bits per heavy atom. The lowest BCUT2D eigenvalue weighted by molar-refractivity contribution is -0.120. The van der Waals surface area contributed by atoms with Crippen LogP contribution in [0.4, 0.5) is 11.4 Å². The van der Waals surface area contributed by atoms with Crippen LogP contribution in [0.1, 0.15) is 23.6 Å². The van der Waals surface area contributed by atoms with Crippen LogP contribution in [0.15, 0.2) is 42.5 Å². The van der Waals surface area contributed by atoms with Crippen molar-refractivity contribution in [1.82, 2.24) is 0 Å². The summed E-state index contributed by atoms with van der Waals surface area (Å²) < 4.78 is 0. The Morgan fingerprint density at radius 3 is 2.46 bits per heavy atom. The molecular weight excluding hydrogens is 302 g/mol. The number of rotatable bonds is 4. The van der Waals surface area contributed by atoms with Crippen molar-refractivity contribution in [3.63, 3.8) is 0 Å². The maximum Gasteiger partial charge on any atom is 0.244 e. The number of nitrogens with zero attached hydrogens (tertiary/aromatic N) is 2. The van der Waals surface area contributed by atoms with E-state index in [2.05, 4.69) is 5.32 Å². The van der Waals surface area contributed by atoms with Crippen LogP contribution in [-0.4, -0.2) is 18.4 Å². The normalized spacial score (nSPS) is 9.92. The first-order valence-electron chi connectivity index (χ1n) is 7.56. The van der Waals surface area contributed by atoms with Crippen LogP contribution in [0.25, 0.3) is 0 Å². The van der Waals surface area contributed by atoms with Gasteiger partial charge >= 0.3 is 0 Å². The summed E-state index contributed by atoms with van der Waals surface area (Å²) in [5.41, 5.74) is 3.66. The van der Waals surface area contributed by atoms with E-state index >= 15 is 0 Å². The highest BCUT2D eigenvalue weighted by Crippen LogP contribution is 2.19. The molecule has 0 bridgehead atoms. The zero-order valence-electron chi connectivity index (χ0n) is 14.0. The number of para-hydroxylation sites is 1. The molecule has 0 saturated heterocycles. The van der Waals surface area contributed by atoms with Gasteiger partial charge in [0.05, 0.1) is 11.3 Å². The quantitative estimate of drug-likeness (QED) is 0.940. The predicted molar refractivity (Wildman–Crippen MR) is 93.7 cm³/mol. The third-order valence-corrected chi connectivity index (χ3v) is 3.81. The van der Waals surface area contributed by atoms with Gasteiger partial charge in [0.1, 0.15) is 12.6 Å². The standard InChI is InChI=1S/C19H19N3O2/c1-13-8-9-17(10-14(13)2)22(15(3)23)12-19(24)21-18-7-5-4-6-16(18)11-20/h4-10H,12H2,1-3H3,(H,21,24). The molecule has 0 fully saturated rings. The second-order valence-corrected chi connectivity index (χ2v) is 5.58. The maximum absolute atomic E-state index is 12.3. The molecule has 0 spiro atoms. The van der Waals surface area contributed by atoms with Gasteiger partial charge in [-0.05, 0) is 49.2 Å². The maximum atomic E-state index is 12.3. The van der Waals surface area contributed by atoms with Gasteiger partial charge in [-0.25, -0.2) is 0 Å². The minimum absolute atomic E-state index is 0.113. The Bertz CT molecular complexity index is 822. The summed E-state index contributed by atoms with van der Waals surface area (Å²) in [6, 6.07) is 14.4. The van der Waals surface area contributed by atoms with E-state index in [1.165, 1.54) is 11.8 Å². The molecule has 1 N–H and O–H groups in total. The van der Waals surface area contributed by atoms with Gasteiger partial charge in [0, 0.05) is 12.6 Å². The van der Waals surface area contributed by atoms with E-state index in [1.54, 1.807) is 24.3 Å². The molecule has 0 heterocycles. The summed E-state index contributed by atoms with van der Waals surface area (Å²) in [6.45, 7) is 5.26. The topological polar surface area (TPSA) is 73.2 Å². The Kier molecular flexibility index (Phi) is 5.33. The van der Waals surface area contributed by atoms with Crippen LogP contribution in [0.3, 0.4) is 0 Å². The molecule has 2 aromatic carbocycles. The average Bonchev–Trinajstić information content (AvgIpc) is 2.55. The first-order valence-corrected chi connectivity index (χ1v) is 7.56. The molecular formula is C19H19N3O2. The SMILES string of the molecule is CC(=O)N(CC(=O)Nc1ccccc1C#N)c1ccc(C)c(C)c1. The van der Waals surface area contributed by atoms with E-state index in [1.807, 2.05) is 38.1 Å². The largest absolute Gasteiger partial charge is 0.323 e. The number of benzene rings is 2. The monoisotopic (exact) mass is 321 g/mol. The van der Waals surface area contributed by atoms with Crippen LogP contribution >= 0.6 is 0 Å². The molecule has 2 amide bonds. The van der Waals surface area contributed by atoms with Gasteiger partial charge in [-0.15, -0.1) is 0 Å². The number of nitrogens with one attached hydrogen (secondary N) is 1. The molecule has 0 aliphatic heterocycles. The second kappa shape index (κ2) is 7.42. The number of aryl methyl sites for hydroxylation is 2. The number of carbonyl (C=O) groups is 2. The van der Waals surface area contributed by atoms with Crippen molar-refractivity contribution in [2.24, 2.45) is 0 Å². The van der Waals surface area contributed by atoms with Crippen LogP contribution in [-0.2, 0) is 9.59 Å². The third kappa shape index (κ3) is 3.99. The molecule has 0 aliphatic carbocycles. The van der Waals surface area contributed by atoms with Gasteiger partial charge in [0.2, 0.25) is 11.8 Å². The van der Waals surface area contributed by atoms with Crippen molar-refractivity contribution in [1.29, 1.82) is 5.26 Å². The van der Waals surface area contributed by atoms with E-state index in [-0.39, 0.29) is 18.4 Å². The fourth-order valence-corrected chi connectivity index (χ4v) is 2.30. The van der Waals surface area contributed by atoms with Gasteiger partial charge in [-0.2, -0.15) is 5.26 Å². The predicted octanol–water partition coefficient (Wildman–Crippen LogP) is 3.17. The minimum atomic E-state index is -0.355. The number of hydrogen-bond acceptors (Lipinski definition) is 3. The van der Waals surface area contributed by atoms with Gasteiger partial charge in [-0.1, -0.05) is 18.2 Å². The second-order valence-electron chi connectivity index (χ2n) is 5.58. The fraction of sp³-hybridized carbons (Fsp3) is 0.211. The van der Waals surface area contributed by atoms with E-state index in [0.717, 1.165) is 11.1 Å². The minimum Gasteiger partial charge on any atom is -0.323 e. The molecule has 5 nitrogen and oxygen atoms in total. The van der Waals surface area contributed by atoms with Gasteiger partial charge in [0.15, 0.2) is 0 Å². The summed E-state index contributed by atoms with van der Waals surface area (Å²) in [5, 5.41) is 11.8. The molecule has 2 aromatic rings. The molecule has 2 rings (SSSR count). The van der Waals surface area contributed by atoms with Crippen molar-refractivity contribution >= 4 is 23.2 Å². The molecule has 0 atom stereocenters. The van der Waals surface area contributed by atoms with Gasteiger partial charge in [-0.3, -0.25) is 9.59 Å². The summed E-state index contributed by atoms with van der Waals surface area (Å²) in [7, 11) is 0. The number of nitriles is 1. The Morgan fingerprint density at radius 2 is 1.83 bits per heavy atom. The lowest BCUT2D eigenvalue weighted by Crippen LogP contribution is -2.36. The highest BCUT2D eigenvalue weighted by Gasteiger charge is 2.17. The molecule has 0 radical (unpaired) electrons. The molecule has 0 aliphatic rings. The number of anilines is 2. The highest BCUT2D eigenvalue weighted by atomic mass is 16.2. The average molecular weight is 321 g/mol. The summed E-state index contributed by atoms with van der Waals surface area (Å²) >= 11 is 0. The number of carbonyl (C=O) groups excluding carboxylic acids is 2. The van der Waals surface area contributed by atoms with E-state index in [0.29, 0.717) is 16.9 Å². The van der Waals surface area contributed by atoms with E-state index in [4.69, 9.17) is 5.26 Å². The van der Waals surface area contributed by atoms with Crippen LogP contribution < -0.4 is 10.2 Å². The Balaban J connectivity index is 2.19. The molecule has 24 heavy (non-hydrogen) atoms. The third-order valence-electron chi connectivity index (χ3n) is 3.81. The first-order chi connectivity index (χ1) is 11.4. The van der Waals surface area contributed by atoms with E-state index in [9.17, 15) is 9.59 Å². The van der Waals surface area contributed by atoms with Crippen LogP contribution in [0.2, 0.25) is 0 Å². The zero-order valence-corrected chi connectivity index (χ0v) is 14.0. The van der Waals surface area contributed by atoms with Crippen molar-refractivity contribution < 1.29 is 9.59 Å². The molecule has 122 valence electrons. The highest BCUT2D eigenvalue weighted by molar-refractivity contribution is 6.02.